The summed E-state index contributed by atoms with van der Waals surface area (Å²) in [6, 6.07) is 2.95. The van der Waals surface area contributed by atoms with Crippen LogP contribution in [0.1, 0.15) is 15.9 Å². The van der Waals surface area contributed by atoms with Crippen LogP contribution in [0.3, 0.4) is 0 Å². The number of rotatable bonds is 2. The lowest BCUT2D eigenvalue weighted by Gasteiger charge is -2.02. The van der Waals surface area contributed by atoms with E-state index in [1.54, 1.807) is 13.0 Å². The lowest BCUT2D eigenvalue weighted by Crippen LogP contribution is -1.91. The molecule has 0 amide bonds. The van der Waals surface area contributed by atoms with Crippen molar-refractivity contribution < 1.29 is 9.00 Å². The summed E-state index contributed by atoms with van der Waals surface area (Å²) < 4.78 is 13.8. The van der Waals surface area contributed by atoms with Crippen LogP contribution in [0.5, 0.6) is 0 Å². The zero-order chi connectivity index (χ0) is 10.7. The maximum Gasteiger partial charge on any atom is 0.253 e. The Kier molecular flexibility index (Phi) is 3.80. The number of benzene rings is 1. The summed E-state index contributed by atoms with van der Waals surface area (Å²) in [5.74, 6) is 0. The maximum absolute atomic E-state index is 10.9. The van der Waals surface area contributed by atoms with E-state index in [1.165, 1.54) is 6.07 Å². The fourth-order valence-corrected chi connectivity index (χ4v) is 1.74. The van der Waals surface area contributed by atoms with E-state index in [2.05, 4.69) is 4.36 Å². The molecule has 0 spiro atoms. The Morgan fingerprint density at radius 2 is 2.14 bits per heavy atom. The summed E-state index contributed by atoms with van der Waals surface area (Å²) >= 11 is 11.1. The molecule has 0 aromatic heterocycles. The van der Waals surface area contributed by atoms with E-state index >= 15 is 0 Å². The molecule has 74 valence electrons. The standard InChI is InChI=1S/C8H5Cl2NO2S/c1-4-2-6(9)5(8(10)12)3-7(4)11-14-13/h2-3H,1H3. The van der Waals surface area contributed by atoms with Gasteiger partial charge in [-0.05, 0) is 36.2 Å². The number of aryl methyl sites for hydroxylation is 1. The second kappa shape index (κ2) is 4.68. The molecule has 0 radical (unpaired) electrons. The lowest BCUT2D eigenvalue weighted by molar-refractivity contribution is 0.108. The van der Waals surface area contributed by atoms with Crippen LogP contribution in [0, 0.1) is 6.92 Å². The van der Waals surface area contributed by atoms with Gasteiger partial charge in [0.05, 0.1) is 16.3 Å². The highest BCUT2D eigenvalue weighted by atomic mass is 35.5. The highest BCUT2D eigenvalue weighted by Gasteiger charge is 2.10. The quantitative estimate of drug-likeness (QED) is 0.757. The molecule has 0 saturated heterocycles. The Balaban J connectivity index is 3.41. The van der Waals surface area contributed by atoms with E-state index in [0.29, 0.717) is 5.69 Å². The molecule has 1 aromatic carbocycles. The van der Waals surface area contributed by atoms with Gasteiger partial charge in [0, 0.05) is 0 Å². The minimum atomic E-state index is -0.664. The third-order valence-electron chi connectivity index (χ3n) is 1.63. The highest BCUT2D eigenvalue weighted by molar-refractivity contribution is 7.54. The van der Waals surface area contributed by atoms with Crippen LogP contribution in [0.4, 0.5) is 5.69 Å². The van der Waals surface area contributed by atoms with Crippen molar-refractivity contribution in [1.29, 1.82) is 0 Å². The van der Waals surface area contributed by atoms with Gasteiger partial charge in [-0.1, -0.05) is 11.6 Å². The molecule has 0 unspecified atom stereocenters. The van der Waals surface area contributed by atoms with Gasteiger partial charge in [0.25, 0.3) is 5.24 Å². The van der Waals surface area contributed by atoms with Crippen LogP contribution in [-0.4, -0.2) is 9.45 Å². The summed E-state index contributed by atoms with van der Waals surface area (Å²) in [4.78, 5) is 10.9. The molecule has 0 atom stereocenters. The van der Waals surface area contributed by atoms with Crippen LogP contribution >= 0.6 is 23.2 Å². The van der Waals surface area contributed by atoms with Gasteiger partial charge in [-0.25, -0.2) is 0 Å². The van der Waals surface area contributed by atoms with Gasteiger partial charge in [0.2, 0.25) is 11.5 Å². The third-order valence-corrected chi connectivity index (χ3v) is 2.42. The maximum atomic E-state index is 10.9. The number of nitrogens with zero attached hydrogens (tertiary/aromatic N) is 1. The van der Waals surface area contributed by atoms with Crippen molar-refractivity contribution in [1.82, 2.24) is 0 Å². The zero-order valence-corrected chi connectivity index (χ0v) is 9.41. The number of halogens is 2. The van der Waals surface area contributed by atoms with Crippen molar-refractivity contribution in [3.05, 3.63) is 28.3 Å². The van der Waals surface area contributed by atoms with E-state index < -0.39 is 5.24 Å². The second-order valence-electron chi connectivity index (χ2n) is 2.56. The molecule has 1 aromatic rings. The van der Waals surface area contributed by atoms with Gasteiger partial charge in [-0.2, -0.15) is 8.57 Å². The van der Waals surface area contributed by atoms with Gasteiger partial charge in [-0.3, -0.25) is 4.79 Å². The van der Waals surface area contributed by atoms with Crippen LogP contribution in [0.15, 0.2) is 16.5 Å². The van der Waals surface area contributed by atoms with Crippen LogP contribution in [0.25, 0.3) is 0 Å². The van der Waals surface area contributed by atoms with Crippen molar-refractivity contribution in [2.45, 2.75) is 6.92 Å². The minimum absolute atomic E-state index is 0.0727. The molecular formula is C8H5Cl2NO2S. The molecule has 0 aliphatic carbocycles. The third kappa shape index (κ3) is 2.41. The van der Waals surface area contributed by atoms with Crippen molar-refractivity contribution in [2.75, 3.05) is 0 Å². The molecule has 0 aliphatic rings. The Morgan fingerprint density at radius 3 is 2.64 bits per heavy atom. The lowest BCUT2D eigenvalue weighted by atomic mass is 10.1. The van der Waals surface area contributed by atoms with Gasteiger partial charge in [0.15, 0.2) is 0 Å². The number of carbonyl (C=O) groups is 1. The molecule has 0 fully saturated rings. The van der Waals surface area contributed by atoms with Gasteiger partial charge in [0.1, 0.15) is 0 Å². The summed E-state index contributed by atoms with van der Waals surface area (Å²) in [6.07, 6.45) is 0. The zero-order valence-electron chi connectivity index (χ0n) is 7.08. The fraction of sp³-hybridized carbons (Fsp3) is 0.125. The van der Waals surface area contributed by atoms with E-state index in [4.69, 9.17) is 23.2 Å². The first-order valence-electron chi connectivity index (χ1n) is 3.56. The molecule has 3 nitrogen and oxygen atoms in total. The van der Waals surface area contributed by atoms with Crippen LogP contribution in [0.2, 0.25) is 5.02 Å². The largest absolute Gasteiger partial charge is 0.276 e. The van der Waals surface area contributed by atoms with E-state index in [9.17, 15) is 9.00 Å². The smallest absolute Gasteiger partial charge is 0.253 e. The normalized spacial score (nSPS) is 9.64. The summed E-state index contributed by atoms with van der Waals surface area (Å²) in [5, 5.41) is -0.403. The molecule has 0 N–H and O–H groups in total. The first-order valence-corrected chi connectivity index (χ1v) is 5.01. The molecule has 6 heteroatoms. The topological polar surface area (TPSA) is 46.5 Å². The SMILES string of the molecule is Cc1cc(Cl)c(C(=O)Cl)cc1N=S=O. The van der Waals surface area contributed by atoms with Crippen LogP contribution < -0.4 is 0 Å². The van der Waals surface area contributed by atoms with Gasteiger partial charge in [-0.15, -0.1) is 0 Å². The molecule has 0 saturated carbocycles. The Morgan fingerprint density at radius 1 is 1.50 bits per heavy atom. The molecule has 0 bridgehead atoms. The predicted molar refractivity (Wildman–Crippen MR) is 56.6 cm³/mol. The first kappa shape index (κ1) is 11.4. The monoisotopic (exact) mass is 249 g/mol. The summed E-state index contributed by atoms with van der Waals surface area (Å²) in [5.41, 5.74) is 1.30. The van der Waals surface area contributed by atoms with E-state index in [0.717, 1.165) is 5.56 Å². The molecule has 1 rings (SSSR count). The average molecular weight is 250 g/mol. The fourth-order valence-electron chi connectivity index (χ4n) is 0.950. The Hall–Kier alpha value is -0.710. The average Bonchev–Trinajstić information content (AvgIpc) is 2.09. The van der Waals surface area contributed by atoms with Crippen molar-refractivity contribution in [3.8, 4) is 0 Å². The second-order valence-corrected chi connectivity index (χ2v) is 3.64. The van der Waals surface area contributed by atoms with Crippen molar-refractivity contribution in [2.24, 2.45) is 4.36 Å². The predicted octanol–water partition coefficient (Wildman–Crippen LogP) is 3.06. The Labute approximate surface area is 94.3 Å². The van der Waals surface area contributed by atoms with E-state index in [-0.39, 0.29) is 22.0 Å². The number of hydrogen-bond acceptors (Lipinski definition) is 3. The van der Waals surface area contributed by atoms with Crippen LogP contribution in [-0.2, 0) is 11.5 Å². The summed E-state index contributed by atoms with van der Waals surface area (Å²) in [7, 11) is 0. The highest BCUT2D eigenvalue weighted by Crippen LogP contribution is 2.27. The Bertz CT molecular complexity index is 418. The van der Waals surface area contributed by atoms with Crippen molar-refractivity contribution in [3.63, 3.8) is 0 Å². The molecular weight excluding hydrogens is 245 g/mol. The first-order chi connectivity index (χ1) is 6.56. The molecule has 0 aliphatic heterocycles. The summed E-state index contributed by atoms with van der Waals surface area (Å²) in [6.45, 7) is 1.74. The molecule has 0 heterocycles. The van der Waals surface area contributed by atoms with E-state index in [1.807, 2.05) is 0 Å². The van der Waals surface area contributed by atoms with Crippen molar-refractivity contribution >= 4 is 45.6 Å². The number of hydrogen-bond donors (Lipinski definition) is 0. The minimum Gasteiger partial charge on any atom is -0.276 e. The van der Waals surface area contributed by atoms with Gasteiger partial charge < -0.3 is 0 Å². The van der Waals surface area contributed by atoms with Gasteiger partial charge >= 0.3 is 0 Å². The number of carbonyl (C=O) groups excluding carboxylic acids is 1. The molecule has 14 heavy (non-hydrogen) atoms.